The van der Waals surface area contributed by atoms with Gasteiger partial charge in [0.1, 0.15) is 13.0 Å². The van der Waals surface area contributed by atoms with Crippen LogP contribution in [0.3, 0.4) is 0 Å². The normalized spacial score (nSPS) is 10.4. The number of aliphatic carboxylic acids is 1. The van der Waals surface area contributed by atoms with E-state index in [1.54, 1.807) is 13.8 Å². The number of carboxylic acid groups (broad SMARTS) is 1. The Kier molecular flexibility index (Phi) is 3.92. The summed E-state index contributed by atoms with van der Waals surface area (Å²) in [5.74, 6) is -1.45. The second kappa shape index (κ2) is 5.19. The van der Waals surface area contributed by atoms with Gasteiger partial charge in [-0.3, -0.25) is 9.59 Å². The van der Waals surface area contributed by atoms with Crippen LogP contribution in [0.2, 0.25) is 0 Å². The van der Waals surface area contributed by atoms with Gasteiger partial charge in [-0.05, 0) is 24.3 Å². The van der Waals surface area contributed by atoms with Crippen molar-refractivity contribution in [1.29, 1.82) is 0 Å². The molecule has 88 valence electrons. The average Bonchev–Trinajstić information content (AvgIpc) is 2.50. The predicted octanol–water partition coefficient (Wildman–Crippen LogP) is -0.748. The molecule has 0 saturated carbocycles. The SMILES string of the molecule is CC(C)OC(=O)Cn1nnnc1CC(=O)O. The molecule has 1 aromatic rings. The zero-order valence-electron chi connectivity index (χ0n) is 8.95. The molecule has 8 heteroatoms. The number of carboxylic acids is 1. The lowest BCUT2D eigenvalue weighted by atomic mass is 10.4. The van der Waals surface area contributed by atoms with Gasteiger partial charge in [-0.2, -0.15) is 0 Å². The molecule has 0 atom stereocenters. The van der Waals surface area contributed by atoms with Crippen molar-refractivity contribution < 1.29 is 19.4 Å². The molecule has 0 aliphatic rings. The van der Waals surface area contributed by atoms with Crippen LogP contribution in [-0.4, -0.2) is 43.4 Å². The Balaban J connectivity index is 2.63. The number of aromatic nitrogens is 4. The van der Waals surface area contributed by atoms with Crippen LogP contribution in [0.5, 0.6) is 0 Å². The maximum absolute atomic E-state index is 11.3. The van der Waals surface area contributed by atoms with Crippen LogP contribution in [0.25, 0.3) is 0 Å². The van der Waals surface area contributed by atoms with Gasteiger partial charge in [0.2, 0.25) is 0 Å². The first-order valence-electron chi connectivity index (χ1n) is 4.65. The van der Waals surface area contributed by atoms with Gasteiger partial charge in [-0.1, -0.05) is 0 Å². The molecule has 0 aromatic carbocycles. The molecule has 0 aliphatic carbocycles. The van der Waals surface area contributed by atoms with Crippen LogP contribution in [0.15, 0.2) is 0 Å². The topological polar surface area (TPSA) is 107 Å². The zero-order chi connectivity index (χ0) is 12.1. The molecular formula is C8H12N4O4. The van der Waals surface area contributed by atoms with E-state index in [0.29, 0.717) is 0 Å². The van der Waals surface area contributed by atoms with Crippen molar-refractivity contribution in [2.24, 2.45) is 0 Å². The third kappa shape index (κ3) is 3.64. The molecule has 0 unspecified atom stereocenters. The highest BCUT2D eigenvalue weighted by Gasteiger charge is 2.14. The van der Waals surface area contributed by atoms with Crippen molar-refractivity contribution in [3.05, 3.63) is 5.82 Å². The average molecular weight is 228 g/mol. The highest BCUT2D eigenvalue weighted by atomic mass is 16.5. The molecule has 1 N–H and O–H groups in total. The van der Waals surface area contributed by atoms with Gasteiger partial charge in [0, 0.05) is 0 Å². The maximum atomic E-state index is 11.3. The number of carbonyl (C=O) groups is 2. The van der Waals surface area contributed by atoms with Crippen LogP contribution in [0.4, 0.5) is 0 Å². The van der Waals surface area contributed by atoms with E-state index >= 15 is 0 Å². The molecule has 0 amide bonds. The van der Waals surface area contributed by atoms with Gasteiger partial charge in [-0.25, -0.2) is 4.68 Å². The van der Waals surface area contributed by atoms with Crippen LogP contribution in [0.1, 0.15) is 19.7 Å². The van der Waals surface area contributed by atoms with Crippen molar-refractivity contribution >= 4 is 11.9 Å². The summed E-state index contributed by atoms with van der Waals surface area (Å²) in [5.41, 5.74) is 0. The summed E-state index contributed by atoms with van der Waals surface area (Å²) in [4.78, 5) is 21.7. The standard InChI is InChI=1S/C8H12N4O4/c1-5(2)16-8(15)4-12-6(3-7(13)14)9-10-11-12/h5H,3-4H2,1-2H3,(H,13,14). The van der Waals surface area contributed by atoms with Crippen molar-refractivity contribution in [2.75, 3.05) is 0 Å². The highest BCUT2D eigenvalue weighted by molar-refractivity contribution is 5.70. The Labute approximate surface area is 91.2 Å². The molecule has 0 spiro atoms. The number of nitrogens with zero attached hydrogens (tertiary/aromatic N) is 4. The van der Waals surface area contributed by atoms with Crippen molar-refractivity contribution in [3.63, 3.8) is 0 Å². The van der Waals surface area contributed by atoms with E-state index in [2.05, 4.69) is 15.5 Å². The molecule has 0 aliphatic heterocycles. The molecular weight excluding hydrogens is 216 g/mol. The Morgan fingerprint density at radius 3 is 2.75 bits per heavy atom. The maximum Gasteiger partial charge on any atom is 0.328 e. The van der Waals surface area contributed by atoms with Gasteiger partial charge in [0.05, 0.1) is 6.10 Å². The van der Waals surface area contributed by atoms with Gasteiger partial charge < -0.3 is 9.84 Å². The van der Waals surface area contributed by atoms with Crippen LogP contribution in [0, 0.1) is 0 Å². The molecule has 8 nitrogen and oxygen atoms in total. The van der Waals surface area contributed by atoms with Crippen LogP contribution in [-0.2, 0) is 27.3 Å². The number of esters is 1. The minimum atomic E-state index is -1.06. The molecule has 0 saturated heterocycles. The number of ether oxygens (including phenoxy) is 1. The monoisotopic (exact) mass is 228 g/mol. The smallest absolute Gasteiger partial charge is 0.328 e. The molecule has 1 heterocycles. The van der Waals surface area contributed by atoms with Crippen molar-refractivity contribution in [3.8, 4) is 0 Å². The largest absolute Gasteiger partial charge is 0.481 e. The van der Waals surface area contributed by atoms with Gasteiger partial charge in [-0.15, -0.1) is 5.10 Å². The molecule has 0 fully saturated rings. The second-order valence-corrected chi connectivity index (χ2v) is 3.36. The highest BCUT2D eigenvalue weighted by Crippen LogP contribution is 1.97. The fourth-order valence-electron chi connectivity index (χ4n) is 1.03. The fourth-order valence-corrected chi connectivity index (χ4v) is 1.03. The minimum Gasteiger partial charge on any atom is -0.481 e. The number of rotatable bonds is 5. The molecule has 0 radical (unpaired) electrons. The number of tetrazole rings is 1. The molecule has 1 aromatic heterocycles. The summed E-state index contributed by atoms with van der Waals surface area (Å²) in [6.07, 6.45) is -0.561. The first kappa shape index (κ1) is 12.1. The molecule has 16 heavy (non-hydrogen) atoms. The summed E-state index contributed by atoms with van der Waals surface area (Å²) in [7, 11) is 0. The van der Waals surface area contributed by atoms with E-state index in [0.717, 1.165) is 4.68 Å². The number of hydrogen-bond acceptors (Lipinski definition) is 6. The Bertz CT molecular complexity index is 387. The van der Waals surface area contributed by atoms with Gasteiger partial charge in [0.25, 0.3) is 0 Å². The summed E-state index contributed by atoms with van der Waals surface area (Å²) < 4.78 is 5.99. The first-order valence-corrected chi connectivity index (χ1v) is 4.65. The quantitative estimate of drug-likeness (QED) is 0.660. The fraction of sp³-hybridized carbons (Fsp3) is 0.625. The van der Waals surface area contributed by atoms with E-state index in [1.165, 1.54) is 0 Å². The Morgan fingerprint density at radius 2 is 2.19 bits per heavy atom. The lowest BCUT2D eigenvalue weighted by Gasteiger charge is -2.07. The summed E-state index contributed by atoms with van der Waals surface area (Å²) in [6.45, 7) is 3.25. The summed E-state index contributed by atoms with van der Waals surface area (Å²) in [6, 6.07) is 0. The number of hydrogen-bond donors (Lipinski definition) is 1. The third-order valence-electron chi connectivity index (χ3n) is 1.56. The third-order valence-corrected chi connectivity index (χ3v) is 1.56. The summed E-state index contributed by atoms with van der Waals surface area (Å²) >= 11 is 0. The molecule has 1 rings (SSSR count). The zero-order valence-corrected chi connectivity index (χ0v) is 8.95. The molecule has 0 bridgehead atoms. The van der Waals surface area contributed by atoms with Crippen LogP contribution >= 0.6 is 0 Å². The lowest BCUT2D eigenvalue weighted by molar-refractivity contribution is -0.148. The van der Waals surface area contributed by atoms with Crippen LogP contribution < -0.4 is 0 Å². The summed E-state index contributed by atoms with van der Waals surface area (Å²) in [5, 5.41) is 18.9. The van der Waals surface area contributed by atoms with E-state index in [9.17, 15) is 9.59 Å². The van der Waals surface area contributed by atoms with E-state index in [4.69, 9.17) is 9.84 Å². The predicted molar refractivity (Wildman–Crippen MR) is 50.4 cm³/mol. The number of carbonyl (C=O) groups excluding carboxylic acids is 1. The van der Waals surface area contributed by atoms with E-state index in [-0.39, 0.29) is 24.9 Å². The minimum absolute atomic E-state index is 0.119. The lowest BCUT2D eigenvalue weighted by Crippen LogP contribution is -2.20. The second-order valence-electron chi connectivity index (χ2n) is 3.36. The van der Waals surface area contributed by atoms with Gasteiger partial charge >= 0.3 is 11.9 Å². The Morgan fingerprint density at radius 1 is 1.50 bits per heavy atom. The Hall–Kier alpha value is -1.99. The van der Waals surface area contributed by atoms with Crippen molar-refractivity contribution in [2.45, 2.75) is 32.9 Å². The first-order chi connectivity index (χ1) is 7.49. The van der Waals surface area contributed by atoms with Gasteiger partial charge in [0.15, 0.2) is 5.82 Å². The van der Waals surface area contributed by atoms with E-state index < -0.39 is 11.9 Å². The van der Waals surface area contributed by atoms with Crippen molar-refractivity contribution in [1.82, 2.24) is 20.2 Å². The van der Waals surface area contributed by atoms with E-state index in [1.807, 2.05) is 0 Å².